The average Bonchev–Trinajstić information content (AvgIpc) is 2.88. The summed E-state index contributed by atoms with van der Waals surface area (Å²) in [7, 11) is 1.29. The lowest BCUT2D eigenvalue weighted by molar-refractivity contribution is -0.376. The highest BCUT2D eigenvalue weighted by molar-refractivity contribution is 5.72. The molecule has 0 heterocycles. The van der Waals surface area contributed by atoms with Crippen molar-refractivity contribution in [1.82, 2.24) is 0 Å². The first-order valence-corrected chi connectivity index (χ1v) is 11.7. The lowest BCUT2D eigenvalue weighted by atomic mass is 9.91. The molecule has 11 heteroatoms. The number of alkyl halides is 6. The van der Waals surface area contributed by atoms with Crippen LogP contribution in [0.1, 0.15) is 22.3 Å². The largest absolute Gasteiger partial charge is 0.490 e. The molecule has 0 aliphatic carbocycles. The van der Waals surface area contributed by atoms with Crippen LogP contribution >= 0.6 is 0 Å². The molecule has 3 aromatic carbocycles. The lowest BCUT2D eigenvalue weighted by Crippen LogP contribution is -2.53. The Bertz CT molecular complexity index is 1230. The Balaban J connectivity index is 1.82. The number of rotatable bonds is 10. The molecule has 3 aromatic rings. The van der Waals surface area contributed by atoms with Gasteiger partial charge in [-0.2, -0.15) is 26.3 Å². The van der Waals surface area contributed by atoms with Crippen molar-refractivity contribution < 1.29 is 50.5 Å². The number of esters is 1. The fourth-order valence-corrected chi connectivity index (χ4v) is 3.82. The molecule has 0 spiro atoms. The predicted molar refractivity (Wildman–Crippen MR) is 129 cm³/mol. The van der Waals surface area contributed by atoms with E-state index in [-0.39, 0.29) is 24.3 Å². The van der Waals surface area contributed by atoms with E-state index in [0.29, 0.717) is 29.9 Å². The number of aryl methyl sites for hydroxylation is 1. The number of carbonyl (C=O) groups is 1. The summed E-state index contributed by atoms with van der Waals surface area (Å²) in [6.45, 7) is 1.27. The second-order valence-electron chi connectivity index (χ2n) is 8.82. The van der Waals surface area contributed by atoms with E-state index in [1.807, 2.05) is 30.3 Å². The fourth-order valence-electron chi connectivity index (χ4n) is 3.82. The molecule has 0 fully saturated rings. The van der Waals surface area contributed by atoms with Crippen LogP contribution in [0.3, 0.4) is 0 Å². The molecular formula is C28H26F6O5. The number of benzene rings is 3. The first-order chi connectivity index (χ1) is 18.2. The topological polar surface area (TPSA) is 65.0 Å². The summed E-state index contributed by atoms with van der Waals surface area (Å²) >= 11 is 0. The smallest absolute Gasteiger partial charge is 0.430 e. The third kappa shape index (κ3) is 7.23. The third-order valence-corrected chi connectivity index (χ3v) is 5.95. The molecule has 0 aliphatic rings. The minimum Gasteiger partial charge on any atom is -0.490 e. The summed E-state index contributed by atoms with van der Waals surface area (Å²) in [5.74, 6) is 0.0893. The second kappa shape index (κ2) is 12.0. The monoisotopic (exact) mass is 556 g/mol. The summed E-state index contributed by atoms with van der Waals surface area (Å²) in [6, 6.07) is 17.9. The van der Waals surface area contributed by atoms with Gasteiger partial charge in [0.25, 0.3) is 5.60 Å². The van der Waals surface area contributed by atoms with Crippen LogP contribution in [-0.4, -0.2) is 43.2 Å². The van der Waals surface area contributed by atoms with E-state index >= 15 is 0 Å². The zero-order valence-electron chi connectivity index (χ0n) is 21.0. The van der Waals surface area contributed by atoms with Crippen LogP contribution in [-0.2, 0) is 28.0 Å². The minimum atomic E-state index is -5.99. The van der Waals surface area contributed by atoms with Gasteiger partial charge in [-0.05, 0) is 47.9 Å². The first-order valence-electron chi connectivity index (χ1n) is 11.7. The van der Waals surface area contributed by atoms with Crippen molar-refractivity contribution in [2.75, 3.05) is 13.7 Å². The maximum Gasteiger partial charge on any atom is 0.430 e. The molecule has 1 atom stereocenters. The van der Waals surface area contributed by atoms with Gasteiger partial charge < -0.3 is 19.3 Å². The van der Waals surface area contributed by atoms with Crippen molar-refractivity contribution in [1.29, 1.82) is 0 Å². The molecule has 0 saturated heterocycles. The van der Waals surface area contributed by atoms with Crippen LogP contribution in [0.25, 0.3) is 0 Å². The standard InChI is InChI=1S/C28H26F6O5/c1-18-14-21(26(36,27(29,30)31)28(32,33)34)10-13-24(18)39-23(15-19-6-4-3-5-7-19)17-38-22-11-8-20(9-12-22)16-25(35)37-2/h3-14,23,36H,15-17H2,1-2H3. The zero-order chi connectivity index (χ0) is 28.8. The SMILES string of the molecule is COC(=O)Cc1ccc(OCC(Cc2ccccc2)Oc2ccc(C(O)(C(F)(F)F)C(F)(F)F)cc2C)cc1. The van der Waals surface area contributed by atoms with E-state index < -0.39 is 35.6 Å². The number of hydrogen-bond donors (Lipinski definition) is 1. The molecule has 0 saturated carbocycles. The number of carbonyl (C=O) groups excluding carboxylic acids is 1. The van der Waals surface area contributed by atoms with Crippen molar-refractivity contribution >= 4 is 5.97 Å². The number of methoxy groups -OCH3 is 1. The molecule has 5 nitrogen and oxygen atoms in total. The van der Waals surface area contributed by atoms with Gasteiger partial charge in [0.05, 0.1) is 13.5 Å². The van der Waals surface area contributed by atoms with Crippen molar-refractivity contribution in [2.24, 2.45) is 0 Å². The highest BCUT2D eigenvalue weighted by Gasteiger charge is 2.71. The van der Waals surface area contributed by atoms with Crippen molar-refractivity contribution in [3.05, 3.63) is 95.1 Å². The number of aliphatic hydroxyl groups is 1. The molecule has 0 bridgehead atoms. The summed E-state index contributed by atoms with van der Waals surface area (Å²) in [5, 5.41) is 9.70. The normalized spacial score (nSPS) is 13.1. The molecule has 1 unspecified atom stereocenters. The Hall–Kier alpha value is -3.73. The van der Waals surface area contributed by atoms with Crippen LogP contribution in [0.5, 0.6) is 11.5 Å². The Morgan fingerprint density at radius 3 is 2.03 bits per heavy atom. The van der Waals surface area contributed by atoms with Gasteiger partial charge in [0.15, 0.2) is 0 Å². The summed E-state index contributed by atoms with van der Waals surface area (Å²) in [5.41, 5.74) is -4.87. The van der Waals surface area contributed by atoms with Crippen molar-refractivity contribution in [3.63, 3.8) is 0 Å². The van der Waals surface area contributed by atoms with Crippen LogP contribution in [0.15, 0.2) is 72.8 Å². The summed E-state index contributed by atoms with van der Waals surface area (Å²) in [4.78, 5) is 11.4. The zero-order valence-corrected chi connectivity index (χ0v) is 21.0. The van der Waals surface area contributed by atoms with Gasteiger partial charge in [0.2, 0.25) is 0 Å². The Morgan fingerprint density at radius 2 is 1.49 bits per heavy atom. The number of hydrogen-bond acceptors (Lipinski definition) is 5. The van der Waals surface area contributed by atoms with Crippen LogP contribution < -0.4 is 9.47 Å². The Labute approximate surface area is 220 Å². The number of ether oxygens (including phenoxy) is 3. The molecule has 0 amide bonds. The molecule has 1 N–H and O–H groups in total. The van der Waals surface area contributed by atoms with E-state index in [4.69, 9.17) is 9.47 Å². The van der Waals surface area contributed by atoms with Crippen LogP contribution in [0.2, 0.25) is 0 Å². The molecule has 0 aromatic heterocycles. The third-order valence-electron chi connectivity index (χ3n) is 5.95. The average molecular weight is 556 g/mol. The van der Waals surface area contributed by atoms with Gasteiger partial charge in [-0.3, -0.25) is 4.79 Å². The molecule has 0 aliphatic heterocycles. The quantitative estimate of drug-likeness (QED) is 0.242. The maximum atomic E-state index is 13.3. The highest BCUT2D eigenvalue weighted by Crippen LogP contribution is 2.50. The van der Waals surface area contributed by atoms with E-state index in [1.54, 1.807) is 24.3 Å². The minimum absolute atomic E-state index is 0.0124. The number of halogens is 6. The molecule has 0 radical (unpaired) electrons. The van der Waals surface area contributed by atoms with E-state index in [2.05, 4.69) is 4.74 Å². The van der Waals surface area contributed by atoms with Crippen LogP contribution in [0, 0.1) is 6.92 Å². The predicted octanol–water partition coefficient (Wildman–Crippen LogP) is 6.09. The molecule has 3 rings (SSSR count). The molecular weight excluding hydrogens is 530 g/mol. The first kappa shape index (κ1) is 29.8. The maximum absolute atomic E-state index is 13.3. The van der Waals surface area contributed by atoms with Gasteiger partial charge in [-0.15, -0.1) is 0 Å². The molecule has 39 heavy (non-hydrogen) atoms. The van der Waals surface area contributed by atoms with Crippen molar-refractivity contribution in [3.8, 4) is 11.5 Å². The Morgan fingerprint density at radius 1 is 0.872 bits per heavy atom. The van der Waals surface area contributed by atoms with Gasteiger partial charge in [-0.25, -0.2) is 0 Å². The van der Waals surface area contributed by atoms with E-state index in [1.165, 1.54) is 14.0 Å². The summed E-state index contributed by atoms with van der Waals surface area (Å²) < 4.78 is 96.2. The lowest BCUT2D eigenvalue weighted by Gasteiger charge is -2.33. The van der Waals surface area contributed by atoms with Crippen molar-refractivity contribution in [2.45, 2.75) is 43.8 Å². The second-order valence-corrected chi connectivity index (χ2v) is 8.82. The van der Waals surface area contributed by atoms with Gasteiger partial charge in [-0.1, -0.05) is 48.5 Å². The highest BCUT2D eigenvalue weighted by atomic mass is 19.4. The van der Waals surface area contributed by atoms with E-state index in [9.17, 15) is 36.2 Å². The Kier molecular flexibility index (Phi) is 9.16. The van der Waals surface area contributed by atoms with Gasteiger partial charge in [0.1, 0.15) is 24.2 Å². The van der Waals surface area contributed by atoms with Gasteiger partial charge in [0, 0.05) is 12.0 Å². The summed E-state index contributed by atoms with van der Waals surface area (Å²) in [6.07, 6.45) is -12.3. The van der Waals surface area contributed by atoms with Gasteiger partial charge >= 0.3 is 18.3 Å². The van der Waals surface area contributed by atoms with Crippen LogP contribution in [0.4, 0.5) is 26.3 Å². The molecule has 210 valence electrons. The fraction of sp³-hybridized carbons (Fsp3) is 0.321. The van der Waals surface area contributed by atoms with E-state index in [0.717, 1.165) is 11.6 Å².